The van der Waals surface area contributed by atoms with Gasteiger partial charge in [0.25, 0.3) is 0 Å². The molecule has 0 heterocycles. The van der Waals surface area contributed by atoms with E-state index in [9.17, 15) is 0 Å². The van der Waals surface area contributed by atoms with Gasteiger partial charge in [0.1, 0.15) is 0 Å². The van der Waals surface area contributed by atoms with E-state index < -0.39 is 24.7 Å². The molecule has 6 rings (SSSR count). The third kappa shape index (κ3) is 16.1. The van der Waals surface area contributed by atoms with Crippen LogP contribution in [-0.2, 0) is 32.5 Å². The molecule has 0 aliphatic carbocycles. The second-order valence-corrected chi connectivity index (χ2v) is 29.7. The molecule has 0 fully saturated rings. The molecular formula is C60H81N2O6P3. The van der Waals surface area contributed by atoms with Crippen molar-refractivity contribution in [3.63, 3.8) is 0 Å². The molecule has 1 N–H and O–H groups in total. The molecule has 0 spiro atoms. The SMILES string of the molecule is CC(C)(C)c1ccc(OP(N[PH](N=[PH](Oc2ccc(C(C)(C)C)cc2)Oc2ccc(C(C)(C)C)cc2)(Oc2ccc(C(C)(C)C)cc2)Oc2ccc(C(C)(C)C)cc2)Oc2ccc(C(C)(C)C)cc2)cc1. The fourth-order valence-corrected chi connectivity index (χ4v) is 13.7. The van der Waals surface area contributed by atoms with Crippen LogP contribution in [0.25, 0.3) is 0 Å². The number of benzene rings is 6. The molecule has 6 aromatic carbocycles. The average Bonchev–Trinajstić information content (AvgIpc) is 3.25. The molecule has 0 saturated carbocycles. The van der Waals surface area contributed by atoms with Crippen LogP contribution in [0.5, 0.6) is 34.5 Å². The Morgan fingerprint density at radius 3 is 0.761 bits per heavy atom. The Morgan fingerprint density at radius 2 is 0.535 bits per heavy atom. The molecule has 11 heteroatoms. The van der Waals surface area contributed by atoms with Crippen molar-refractivity contribution in [1.82, 2.24) is 4.86 Å². The number of hydrogen-bond donors (Lipinski definition) is 1. The second kappa shape index (κ2) is 21.7. The van der Waals surface area contributed by atoms with Crippen molar-refractivity contribution < 1.29 is 27.1 Å². The molecule has 0 amide bonds. The van der Waals surface area contributed by atoms with Crippen molar-refractivity contribution in [2.24, 2.45) is 4.52 Å². The molecule has 6 aromatic rings. The zero-order valence-electron chi connectivity index (χ0n) is 45.7. The summed E-state index contributed by atoms with van der Waals surface area (Å²) in [5.41, 5.74) is 6.60. The Labute approximate surface area is 429 Å². The first-order valence-electron chi connectivity index (χ1n) is 24.8. The molecule has 0 aliphatic rings. The van der Waals surface area contributed by atoms with Gasteiger partial charge in [-0.2, -0.15) is 0 Å². The topological polar surface area (TPSA) is 79.8 Å². The van der Waals surface area contributed by atoms with Gasteiger partial charge in [-0.1, -0.05) is 0 Å². The summed E-state index contributed by atoms with van der Waals surface area (Å²) in [5, 5.41) is 0. The Balaban J connectivity index is 1.60. The van der Waals surface area contributed by atoms with Crippen molar-refractivity contribution in [3.8, 4) is 34.5 Å². The minimum atomic E-state index is -4.36. The summed E-state index contributed by atoms with van der Waals surface area (Å²) < 4.78 is 47.9. The number of rotatable bonds is 15. The first-order valence-corrected chi connectivity index (χ1v) is 29.0. The number of nitrogens with one attached hydrogen (secondary N) is 1. The van der Waals surface area contributed by atoms with Crippen molar-refractivity contribution in [2.45, 2.75) is 157 Å². The Bertz CT molecular complexity index is 2500. The van der Waals surface area contributed by atoms with E-state index >= 15 is 0 Å². The normalized spacial score (nSPS) is 13.2. The van der Waals surface area contributed by atoms with Gasteiger partial charge in [0.15, 0.2) is 0 Å². The van der Waals surface area contributed by atoms with Gasteiger partial charge in [0.2, 0.25) is 0 Å². The van der Waals surface area contributed by atoms with Gasteiger partial charge in [-0.3, -0.25) is 0 Å². The first kappa shape index (κ1) is 55.5. The predicted molar refractivity (Wildman–Crippen MR) is 304 cm³/mol. The monoisotopic (exact) mass is 1020 g/mol. The maximum absolute atomic E-state index is 7.30. The van der Waals surface area contributed by atoms with Gasteiger partial charge >= 0.3 is 432 Å². The quantitative estimate of drug-likeness (QED) is 0.103. The zero-order chi connectivity index (χ0) is 52.2. The average molecular weight is 1020 g/mol. The Kier molecular flexibility index (Phi) is 17.0. The molecule has 0 radical (unpaired) electrons. The summed E-state index contributed by atoms with van der Waals surface area (Å²) in [6, 6.07) is 48.8. The van der Waals surface area contributed by atoms with E-state index in [1.54, 1.807) is 0 Å². The minimum absolute atomic E-state index is 0.0565. The molecule has 0 atom stereocenters. The van der Waals surface area contributed by atoms with Gasteiger partial charge in [-0.25, -0.2) is 0 Å². The summed E-state index contributed by atoms with van der Waals surface area (Å²) in [4.78, 5) is 3.71. The molecule has 0 bridgehead atoms. The van der Waals surface area contributed by atoms with Crippen LogP contribution in [0.3, 0.4) is 0 Å². The van der Waals surface area contributed by atoms with E-state index in [1.165, 1.54) is 22.3 Å². The van der Waals surface area contributed by atoms with Crippen LogP contribution < -0.4 is 32.0 Å². The third-order valence-electron chi connectivity index (χ3n) is 12.1. The van der Waals surface area contributed by atoms with Crippen LogP contribution in [0.15, 0.2) is 150 Å². The summed E-state index contributed by atoms with van der Waals surface area (Å²) >= 11 is 0. The summed E-state index contributed by atoms with van der Waals surface area (Å²) in [6.45, 7) is 39.5. The van der Waals surface area contributed by atoms with Crippen LogP contribution >= 0.6 is 24.7 Å². The molecular weight excluding hydrogens is 938 g/mol. The molecule has 71 heavy (non-hydrogen) atoms. The predicted octanol–water partition coefficient (Wildman–Crippen LogP) is 18.7. The van der Waals surface area contributed by atoms with Gasteiger partial charge in [-0.05, 0) is 0 Å². The Morgan fingerprint density at radius 1 is 0.324 bits per heavy atom. The van der Waals surface area contributed by atoms with E-state index in [2.05, 4.69) is 202 Å². The van der Waals surface area contributed by atoms with Gasteiger partial charge in [-0.15, -0.1) is 0 Å². The second-order valence-electron chi connectivity index (χ2n) is 24.6. The van der Waals surface area contributed by atoms with E-state index in [-0.39, 0.29) is 32.5 Å². The molecule has 8 nitrogen and oxygen atoms in total. The van der Waals surface area contributed by atoms with Gasteiger partial charge in [0, 0.05) is 0 Å². The zero-order valence-corrected chi connectivity index (χ0v) is 48.6. The molecule has 0 saturated heterocycles. The molecule has 0 aromatic heterocycles. The third-order valence-corrected chi connectivity index (χ3v) is 18.5. The van der Waals surface area contributed by atoms with Gasteiger partial charge in [0.05, 0.1) is 0 Å². The summed E-state index contributed by atoms with van der Waals surface area (Å²) in [7, 11) is -9.25. The van der Waals surface area contributed by atoms with Crippen molar-refractivity contribution >= 4 is 24.7 Å². The Hall–Kier alpha value is -4.83. The van der Waals surface area contributed by atoms with Crippen LogP contribution in [0, 0.1) is 0 Å². The maximum atomic E-state index is 7.30. The van der Waals surface area contributed by atoms with Crippen molar-refractivity contribution in [3.05, 3.63) is 179 Å². The van der Waals surface area contributed by atoms with Crippen LogP contribution in [0.1, 0.15) is 158 Å². The number of nitrogens with zero attached hydrogens (tertiary/aromatic N) is 1. The fraction of sp³-hybridized carbons (Fsp3) is 0.400. The first-order chi connectivity index (χ1) is 32.8. The molecule has 382 valence electrons. The summed E-state index contributed by atoms with van der Waals surface area (Å²) in [5.74, 6) is 3.48. The van der Waals surface area contributed by atoms with Crippen LogP contribution in [-0.4, -0.2) is 0 Å². The van der Waals surface area contributed by atoms with E-state index in [4.69, 9.17) is 31.7 Å². The van der Waals surface area contributed by atoms with E-state index in [1.807, 2.05) is 72.8 Å². The van der Waals surface area contributed by atoms with Crippen LogP contribution in [0.2, 0.25) is 0 Å². The molecule has 0 unspecified atom stereocenters. The van der Waals surface area contributed by atoms with Crippen molar-refractivity contribution in [2.75, 3.05) is 0 Å². The van der Waals surface area contributed by atoms with E-state index in [0.29, 0.717) is 34.5 Å². The molecule has 0 aliphatic heterocycles. The number of hydrogen-bond acceptors (Lipinski definition) is 8. The fourth-order valence-electron chi connectivity index (χ4n) is 7.34. The summed E-state index contributed by atoms with van der Waals surface area (Å²) in [6.07, 6.45) is 0. The van der Waals surface area contributed by atoms with Gasteiger partial charge < -0.3 is 0 Å². The van der Waals surface area contributed by atoms with E-state index in [0.717, 1.165) is 11.1 Å². The standard InChI is InChI=1S/C60H81N2O6P3/c1-55(2,3)43-19-31-49(32-20-43)63-69(64-50-33-21-44(22-34-50)56(4,5)6)61-71(67-53-39-27-47(28-40-53)59(13,14)15,68-54-41-29-48(30-42-54)60(16,17)18)62-70(65-51-35-23-45(24-36-51)57(7,8)9)66-52-37-25-46(26-38-52)58(10,11)12/h19-42,61,70-71H,1-18H3. The van der Waals surface area contributed by atoms with Crippen LogP contribution in [0.4, 0.5) is 0 Å². The van der Waals surface area contributed by atoms with Crippen molar-refractivity contribution in [1.29, 1.82) is 0 Å².